The molecule has 1 saturated carbocycles. The van der Waals surface area contributed by atoms with Gasteiger partial charge in [0.1, 0.15) is 0 Å². The van der Waals surface area contributed by atoms with Gasteiger partial charge in [-0.3, -0.25) is 0 Å². The van der Waals surface area contributed by atoms with Gasteiger partial charge in [0.15, 0.2) is 0 Å². The lowest BCUT2D eigenvalue weighted by Crippen LogP contribution is -2.39. The Kier molecular flexibility index (Phi) is 2.21. The van der Waals surface area contributed by atoms with Crippen molar-refractivity contribution in [1.82, 2.24) is 9.97 Å². The maximum atomic E-state index is 5.89. The highest BCUT2D eigenvalue weighted by Crippen LogP contribution is 2.42. The van der Waals surface area contributed by atoms with Crippen molar-refractivity contribution in [1.29, 1.82) is 0 Å². The van der Waals surface area contributed by atoms with Crippen LogP contribution in [0.3, 0.4) is 0 Å². The third-order valence-electron chi connectivity index (χ3n) is 3.91. The zero-order valence-electron chi connectivity index (χ0n) is 9.37. The summed E-state index contributed by atoms with van der Waals surface area (Å²) in [6.07, 6.45) is 6.76. The summed E-state index contributed by atoms with van der Waals surface area (Å²) in [5.41, 5.74) is 9.82. The lowest BCUT2D eigenvalue weighted by Gasteiger charge is -2.41. The molecule has 1 aliphatic carbocycles. The molecule has 1 aliphatic rings. The van der Waals surface area contributed by atoms with Gasteiger partial charge in [-0.2, -0.15) is 0 Å². The lowest BCUT2D eigenvalue weighted by atomic mass is 9.65. The number of H-pyrrole nitrogens is 1. The van der Waals surface area contributed by atoms with E-state index in [-0.39, 0.29) is 0 Å². The Bertz CT molecular complexity index is 491. The van der Waals surface area contributed by atoms with Gasteiger partial charge in [0.2, 0.25) is 0 Å². The fourth-order valence-corrected chi connectivity index (χ4v) is 2.66. The van der Waals surface area contributed by atoms with Crippen molar-refractivity contribution >= 4 is 11.0 Å². The highest BCUT2D eigenvalue weighted by Gasteiger charge is 2.35. The molecular weight excluding hydrogens is 198 g/mol. The highest BCUT2D eigenvalue weighted by atomic mass is 14.9. The Morgan fingerprint density at radius 1 is 1.38 bits per heavy atom. The predicted molar refractivity (Wildman–Crippen MR) is 65.1 cm³/mol. The monoisotopic (exact) mass is 215 g/mol. The Labute approximate surface area is 95.1 Å². The van der Waals surface area contributed by atoms with E-state index in [9.17, 15) is 0 Å². The minimum Gasteiger partial charge on any atom is -0.345 e. The maximum absolute atomic E-state index is 5.89. The van der Waals surface area contributed by atoms with E-state index in [2.05, 4.69) is 28.2 Å². The van der Waals surface area contributed by atoms with Crippen LogP contribution in [0, 0.1) is 5.41 Å². The Morgan fingerprint density at radius 2 is 2.25 bits per heavy atom. The number of hydrogen-bond donors (Lipinski definition) is 2. The normalized spacial score (nSPS) is 18.6. The fraction of sp³-hybridized carbons (Fsp3) is 0.462. The van der Waals surface area contributed by atoms with E-state index < -0.39 is 0 Å². The Morgan fingerprint density at radius 3 is 2.94 bits per heavy atom. The van der Waals surface area contributed by atoms with Crippen LogP contribution < -0.4 is 5.73 Å². The average Bonchev–Trinajstić information content (AvgIpc) is 2.70. The number of nitrogens with zero attached hydrogens (tertiary/aromatic N) is 1. The molecule has 84 valence electrons. The number of benzene rings is 1. The first-order chi connectivity index (χ1) is 7.81. The van der Waals surface area contributed by atoms with Crippen molar-refractivity contribution in [3.8, 4) is 0 Å². The Balaban J connectivity index is 1.88. The molecule has 0 amide bonds. The largest absolute Gasteiger partial charge is 0.345 e. The first-order valence-electron chi connectivity index (χ1n) is 5.93. The zero-order valence-corrected chi connectivity index (χ0v) is 9.37. The zero-order chi connectivity index (χ0) is 11.0. The van der Waals surface area contributed by atoms with E-state index in [1.807, 2.05) is 0 Å². The van der Waals surface area contributed by atoms with Gasteiger partial charge < -0.3 is 10.7 Å². The van der Waals surface area contributed by atoms with Gasteiger partial charge in [-0.1, -0.05) is 12.5 Å². The minimum atomic E-state index is 0.383. The quantitative estimate of drug-likeness (QED) is 0.825. The van der Waals surface area contributed by atoms with Crippen molar-refractivity contribution in [2.45, 2.75) is 25.7 Å². The van der Waals surface area contributed by atoms with E-state index in [1.165, 1.54) is 24.8 Å². The molecule has 0 bridgehead atoms. The van der Waals surface area contributed by atoms with Gasteiger partial charge in [-0.15, -0.1) is 0 Å². The van der Waals surface area contributed by atoms with Gasteiger partial charge in [0, 0.05) is 0 Å². The topological polar surface area (TPSA) is 54.7 Å². The number of hydrogen-bond acceptors (Lipinski definition) is 2. The SMILES string of the molecule is NCC1(Cc2ccc3nc[nH]c3c2)CCC1. The third kappa shape index (κ3) is 1.52. The molecule has 0 unspecified atom stereocenters. The second-order valence-corrected chi connectivity index (χ2v) is 4.99. The van der Waals surface area contributed by atoms with E-state index in [1.54, 1.807) is 6.33 Å². The summed E-state index contributed by atoms with van der Waals surface area (Å²) in [6, 6.07) is 6.47. The fourth-order valence-electron chi connectivity index (χ4n) is 2.66. The average molecular weight is 215 g/mol. The molecule has 1 aromatic heterocycles. The second-order valence-electron chi connectivity index (χ2n) is 4.99. The predicted octanol–water partition coefficient (Wildman–Crippen LogP) is 2.23. The highest BCUT2D eigenvalue weighted by molar-refractivity contribution is 5.75. The molecule has 16 heavy (non-hydrogen) atoms. The molecule has 3 heteroatoms. The van der Waals surface area contributed by atoms with E-state index >= 15 is 0 Å². The summed E-state index contributed by atoms with van der Waals surface area (Å²) in [5.74, 6) is 0. The summed E-state index contributed by atoms with van der Waals surface area (Å²) in [6.45, 7) is 0.814. The van der Waals surface area contributed by atoms with Gasteiger partial charge in [-0.25, -0.2) is 4.98 Å². The van der Waals surface area contributed by atoms with Crippen molar-refractivity contribution < 1.29 is 0 Å². The Hall–Kier alpha value is -1.35. The van der Waals surface area contributed by atoms with Crippen LogP contribution in [0.25, 0.3) is 11.0 Å². The van der Waals surface area contributed by atoms with Crippen molar-refractivity contribution in [2.24, 2.45) is 11.1 Å². The van der Waals surface area contributed by atoms with Crippen molar-refractivity contribution in [3.63, 3.8) is 0 Å². The molecule has 1 aromatic carbocycles. The number of aromatic nitrogens is 2. The molecule has 0 saturated heterocycles. The molecule has 3 nitrogen and oxygen atoms in total. The molecule has 1 heterocycles. The van der Waals surface area contributed by atoms with Crippen molar-refractivity contribution in [2.75, 3.05) is 6.54 Å². The molecule has 0 radical (unpaired) electrons. The summed E-state index contributed by atoms with van der Waals surface area (Å²) >= 11 is 0. The molecular formula is C13H17N3. The summed E-state index contributed by atoms with van der Waals surface area (Å²) in [5, 5.41) is 0. The van der Waals surface area contributed by atoms with Crippen LogP contribution in [0.15, 0.2) is 24.5 Å². The van der Waals surface area contributed by atoms with Gasteiger partial charge in [0.25, 0.3) is 0 Å². The molecule has 0 atom stereocenters. The van der Waals surface area contributed by atoms with E-state index in [0.29, 0.717) is 5.41 Å². The van der Waals surface area contributed by atoms with Crippen LogP contribution in [0.4, 0.5) is 0 Å². The van der Waals surface area contributed by atoms with Crippen LogP contribution in [0.1, 0.15) is 24.8 Å². The van der Waals surface area contributed by atoms with E-state index in [0.717, 1.165) is 24.0 Å². The molecule has 3 N–H and O–H groups in total. The summed E-state index contributed by atoms with van der Waals surface area (Å²) in [4.78, 5) is 7.39. The smallest absolute Gasteiger partial charge is 0.0931 e. The lowest BCUT2D eigenvalue weighted by molar-refractivity contribution is 0.145. The number of aromatic amines is 1. The van der Waals surface area contributed by atoms with Gasteiger partial charge >= 0.3 is 0 Å². The van der Waals surface area contributed by atoms with Crippen molar-refractivity contribution in [3.05, 3.63) is 30.1 Å². The van der Waals surface area contributed by atoms with Crippen LogP contribution in [0.5, 0.6) is 0 Å². The number of nitrogens with one attached hydrogen (secondary N) is 1. The minimum absolute atomic E-state index is 0.383. The molecule has 2 aromatic rings. The number of nitrogens with two attached hydrogens (primary N) is 1. The van der Waals surface area contributed by atoms with Crippen LogP contribution in [0.2, 0.25) is 0 Å². The molecule has 0 aliphatic heterocycles. The number of rotatable bonds is 3. The third-order valence-corrected chi connectivity index (χ3v) is 3.91. The first kappa shape index (κ1) is 9.85. The first-order valence-corrected chi connectivity index (χ1v) is 5.93. The number of imidazole rings is 1. The molecule has 1 fully saturated rings. The van der Waals surface area contributed by atoms with Crippen LogP contribution in [-0.4, -0.2) is 16.5 Å². The standard InChI is InChI=1S/C13H17N3/c14-8-13(4-1-5-13)7-10-2-3-11-12(6-10)16-9-15-11/h2-3,6,9H,1,4-5,7-8,14H2,(H,15,16). The molecule has 0 spiro atoms. The maximum Gasteiger partial charge on any atom is 0.0931 e. The van der Waals surface area contributed by atoms with E-state index in [4.69, 9.17) is 5.73 Å². The summed E-state index contributed by atoms with van der Waals surface area (Å²) in [7, 11) is 0. The van der Waals surface area contributed by atoms with Crippen LogP contribution >= 0.6 is 0 Å². The van der Waals surface area contributed by atoms with Gasteiger partial charge in [-0.05, 0) is 48.9 Å². The van der Waals surface area contributed by atoms with Crippen LogP contribution in [-0.2, 0) is 6.42 Å². The number of fused-ring (bicyclic) bond motifs is 1. The second kappa shape index (κ2) is 3.59. The molecule has 3 rings (SSSR count). The van der Waals surface area contributed by atoms with Gasteiger partial charge in [0.05, 0.1) is 17.4 Å². The summed E-state index contributed by atoms with van der Waals surface area (Å²) < 4.78 is 0.